The van der Waals surface area contributed by atoms with E-state index in [2.05, 4.69) is 35.7 Å². The van der Waals surface area contributed by atoms with Crippen molar-refractivity contribution >= 4 is 34.6 Å². The van der Waals surface area contributed by atoms with Crippen LogP contribution in [0.5, 0.6) is 0 Å². The minimum absolute atomic E-state index is 0.0664. The lowest BCUT2D eigenvalue weighted by Gasteiger charge is -2.56. The van der Waals surface area contributed by atoms with Crippen LogP contribution in [-0.4, -0.2) is 33.9 Å². The summed E-state index contributed by atoms with van der Waals surface area (Å²) in [6.45, 7) is 6.90. The second-order valence-electron chi connectivity index (χ2n) is 9.02. The summed E-state index contributed by atoms with van der Waals surface area (Å²) in [5.74, 6) is 1.01. The van der Waals surface area contributed by atoms with Gasteiger partial charge in [0.25, 0.3) is 5.91 Å². The normalized spacial score (nSPS) is 21.1. The number of hydrogen-bond donors (Lipinski definition) is 2. The van der Waals surface area contributed by atoms with E-state index in [-0.39, 0.29) is 24.1 Å². The van der Waals surface area contributed by atoms with Crippen molar-refractivity contribution in [1.29, 1.82) is 0 Å². The number of aromatic nitrogens is 2. The van der Waals surface area contributed by atoms with Gasteiger partial charge in [-0.15, -0.1) is 11.3 Å². The molecule has 0 aliphatic heterocycles. The molecule has 31 heavy (non-hydrogen) atoms. The number of allylic oxidation sites excluding steroid dienone is 1. The zero-order valence-electron chi connectivity index (χ0n) is 18.1. The molecule has 2 bridgehead atoms. The molecule has 3 aliphatic carbocycles. The van der Waals surface area contributed by atoms with E-state index >= 15 is 0 Å². The Balaban J connectivity index is 1.23. The van der Waals surface area contributed by atoms with E-state index < -0.39 is 0 Å². The molecule has 0 unspecified atom stereocenters. The second kappa shape index (κ2) is 8.42. The van der Waals surface area contributed by atoms with E-state index in [1.165, 1.54) is 29.8 Å². The number of amides is 2. The zero-order valence-corrected chi connectivity index (χ0v) is 18.9. The van der Waals surface area contributed by atoms with Gasteiger partial charge in [-0.1, -0.05) is 25.5 Å². The Morgan fingerprint density at radius 2 is 2.03 bits per heavy atom. The summed E-state index contributed by atoms with van der Waals surface area (Å²) in [7, 11) is 0. The number of anilines is 1. The summed E-state index contributed by atoms with van der Waals surface area (Å²) in [4.78, 5) is 37.0. The van der Waals surface area contributed by atoms with E-state index in [4.69, 9.17) is 0 Å². The molecule has 2 atom stereocenters. The van der Waals surface area contributed by atoms with Gasteiger partial charge in [-0.25, -0.2) is 0 Å². The van der Waals surface area contributed by atoms with Gasteiger partial charge in [-0.05, 0) is 55.6 Å². The van der Waals surface area contributed by atoms with Crippen LogP contribution in [0.1, 0.15) is 59.4 Å². The van der Waals surface area contributed by atoms with Crippen molar-refractivity contribution in [1.82, 2.24) is 15.1 Å². The number of carbonyl (C=O) groups excluding carboxylic acids is 3. The molecular weight excluding hydrogens is 412 g/mol. The Morgan fingerprint density at radius 1 is 1.26 bits per heavy atom. The minimum atomic E-state index is -0.302. The van der Waals surface area contributed by atoms with E-state index in [0.29, 0.717) is 33.3 Å². The number of rotatable bonds is 8. The fraction of sp³-hybridized carbons (Fsp3) is 0.478. The molecule has 2 aromatic heterocycles. The number of carbonyl (C=O) groups is 3. The lowest BCUT2D eigenvalue weighted by molar-refractivity contribution is -0.121. The molecule has 5 rings (SSSR count). The number of nitrogens with zero attached hydrogens (tertiary/aromatic N) is 2. The van der Waals surface area contributed by atoms with Gasteiger partial charge in [0, 0.05) is 12.7 Å². The Kier molecular flexibility index (Phi) is 5.83. The molecule has 7 nitrogen and oxygen atoms in total. The van der Waals surface area contributed by atoms with Crippen LogP contribution < -0.4 is 10.6 Å². The molecule has 2 N–H and O–H groups in total. The topological polar surface area (TPSA) is 93.1 Å². The van der Waals surface area contributed by atoms with E-state index in [9.17, 15) is 14.4 Å². The molecule has 0 radical (unpaired) electrons. The molecular formula is C23H28N4O3S. The fourth-order valence-corrected chi connectivity index (χ4v) is 5.46. The van der Waals surface area contributed by atoms with Crippen molar-refractivity contribution in [2.45, 2.75) is 46.6 Å². The number of Topliss-reactive ketones (excluding diaryl/α,β-unsaturated/α-hetero) is 1. The molecule has 2 amide bonds. The van der Waals surface area contributed by atoms with Crippen molar-refractivity contribution < 1.29 is 14.4 Å². The highest BCUT2D eigenvalue weighted by Gasteiger charge is 2.50. The van der Waals surface area contributed by atoms with Gasteiger partial charge >= 0.3 is 0 Å². The van der Waals surface area contributed by atoms with Crippen molar-refractivity contribution in [2.75, 3.05) is 11.9 Å². The predicted molar refractivity (Wildman–Crippen MR) is 120 cm³/mol. The Labute approximate surface area is 185 Å². The molecule has 2 heterocycles. The van der Waals surface area contributed by atoms with E-state index in [1.54, 1.807) is 18.3 Å². The van der Waals surface area contributed by atoms with Crippen molar-refractivity contribution in [3.8, 4) is 0 Å². The van der Waals surface area contributed by atoms with Gasteiger partial charge in [0.2, 0.25) is 5.91 Å². The molecule has 1 fully saturated rings. The second-order valence-corrected chi connectivity index (χ2v) is 10.1. The molecule has 164 valence electrons. The molecule has 8 heteroatoms. The number of thiophene rings is 1. The number of fused-ring (bicyclic) bond motifs is 1. The minimum Gasteiger partial charge on any atom is -0.354 e. The third kappa shape index (κ3) is 4.49. The van der Waals surface area contributed by atoms with Crippen LogP contribution in [0.15, 0.2) is 36.2 Å². The zero-order chi connectivity index (χ0) is 22.2. The molecule has 0 saturated heterocycles. The highest BCUT2D eigenvalue weighted by molar-refractivity contribution is 7.16. The van der Waals surface area contributed by atoms with Crippen LogP contribution in [0.4, 0.5) is 5.69 Å². The van der Waals surface area contributed by atoms with Crippen LogP contribution in [0.2, 0.25) is 0 Å². The molecule has 0 aromatic carbocycles. The summed E-state index contributed by atoms with van der Waals surface area (Å²) in [6.07, 6.45) is 8.85. The number of hydrogen-bond acceptors (Lipinski definition) is 5. The first-order valence-corrected chi connectivity index (χ1v) is 11.5. The molecule has 2 aromatic rings. The number of nitrogens with one attached hydrogen (secondary N) is 2. The monoisotopic (exact) mass is 440 g/mol. The van der Waals surface area contributed by atoms with Crippen LogP contribution in [0.25, 0.3) is 0 Å². The Morgan fingerprint density at radius 3 is 2.71 bits per heavy atom. The Bertz CT molecular complexity index is 1050. The van der Waals surface area contributed by atoms with Gasteiger partial charge in [0.05, 0.1) is 21.6 Å². The summed E-state index contributed by atoms with van der Waals surface area (Å²) in [5, 5.41) is 9.87. The van der Waals surface area contributed by atoms with Gasteiger partial charge in [-0.3, -0.25) is 19.1 Å². The summed E-state index contributed by atoms with van der Waals surface area (Å²) in [6, 6.07) is 3.27. The third-order valence-corrected chi connectivity index (χ3v) is 7.88. The molecule has 3 aliphatic rings. The van der Waals surface area contributed by atoms with Gasteiger partial charge in [0.1, 0.15) is 6.54 Å². The number of ketones is 1. The van der Waals surface area contributed by atoms with Gasteiger partial charge < -0.3 is 10.6 Å². The van der Waals surface area contributed by atoms with Crippen LogP contribution in [0.3, 0.4) is 0 Å². The quantitative estimate of drug-likeness (QED) is 0.481. The van der Waals surface area contributed by atoms with E-state index in [1.807, 2.05) is 0 Å². The fourth-order valence-electron chi connectivity index (χ4n) is 4.66. The first-order valence-electron chi connectivity index (χ1n) is 10.6. The summed E-state index contributed by atoms with van der Waals surface area (Å²) in [5.41, 5.74) is 2.39. The third-order valence-electron chi connectivity index (χ3n) is 6.69. The molecule has 1 saturated carbocycles. The standard InChI is InChI=1S/C23H28N4O3S/c1-14(28)19-6-7-20(31-19)22(30)26-17-11-25-27(12-17)13-21(29)24-9-8-15-4-5-16-10-18(15)23(16,2)3/h4,6-7,11-12,16,18H,5,8-10,13H2,1-3H3,(H,24,29)(H,26,30)/t16-,18-/m0/s1. The van der Waals surface area contributed by atoms with Crippen LogP contribution in [-0.2, 0) is 11.3 Å². The lowest BCUT2D eigenvalue weighted by Crippen LogP contribution is -2.48. The van der Waals surface area contributed by atoms with Gasteiger partial charge in [0.15, 0.2) is 5.78 Å². The first kappa shape index (κ1) is 21.5. The Hall–Kier alpha value is -2.74. The SMILES string of the molecule is CC(=O)c1ccc(C(=O)Nc2cnn(CC(=O)NCCC3=CC[C@H]4C[C@@H]3C4(C)C)c2)s1. The maximum Gasteiger partial charge on any atom is 0.265 e. The maximum atomic E-state index is 12.3. The highest BCUT2D eigenvalue weighted by Crippen LogP contribution is 2.59. The summed E-state index contributed by atoms with van der Waals surface area (Å²) >= 11 is 1.15. The van der Waals surface area contributed by atoms with Gasteiger partial charge in [-0.2, -0.15) is 5.10 Å². The largest absolute Gasteiger partial charge is 0.354 e. The van der Waals surface area contributed by atoms with Crippen molar-refractivity contribution in [3.63, 3.8) is 0 Å². The van der Waals surface area contributed by atoms with E-state index in [0.717, 1.165) is 30.1 Å². The average molecular weight is 441 g/mol. The first-order chi connectivity index (χ1) is 14.7. The maximum absolute atomic E-state index is 12.3. The van der Waals surface area contributed by atoms with Crippen molar-refractivity contribution in [3.05, 3.63) is 45.9 Å². The lowest BCUT2D eigenvalue weighted by atomic mass is 9.48. The highest BCUT2D eigenvalue weighted by atomic mass is 32.1. The average Bonchev–Trinajstić information content (AvgIpc) is 3.38. The summed E-state index contributed by atoms with van der Waals surface area (Å²) < 4.78 is 1.50. The van der Waals surface area contributed by atoms with Crippen molar-refractivity contribution in [2.24, 2.45) is 17.3 Å². The van der Waals surface area contributed by atoms with Crippen LogP contribution in [0, 0.1) is 17.3 Å². The molecule has 0 spiro atoms. The smallest absolute Gasteiger partial charge is 0.265 e. The van der Waals surface area contributed by atoms with Crippen LogP contribution >= 0.6 is 11.3 Å². The predicted octanol–water partition coefficient (Wildman–Crippen LogP) is 3.90.